The maximum absolute atomic E-state index is 5.44. The predicted molar refractivity (Wildman–Crippen MR) is 52.2 cm³/mol. The molecule has 0 bridgehead atoms. The average molecular weight is 196 g/mol. The Labute approximate surface area is 83.7 Å². The summed E-state index contributed by atoms with van der Waals surface area (Å²) < 4.78 is 10.7. The van der Waals surface area contributed by atoms with Gasteiger partial charge in [-0.05, 0) is 20.4 Å². The van der Waals surface area contributed by atoms with Crippen molar-refractivity contribution >= 4 is 0 Å². The summed E-state index contributed by atoms with van der Waals surface area (Å²) in [6.45, 7) is 3.63. The van der Waals surface area contributed by atoms with Crippen molar-refractivity contribution in [3.8, 4) is 0 Å². The van der Waals surface area contributed by atoms with Gasteiger partial charge in [0.2, 0.25) is 0 Å². The first-order chi connectivity index (χ1) is 6.81. The van der Waals surface area contributed by atoms with E-state index < -0.39 is 0 Å². The second-order valence-electron chi connectivity index (χ2n) is 3.68. The molecule has 0 amide bonds. The third-order valence-electron chi connectivity index (χ3n) is 2.70. The highest BCUT2D eigenvalue weighted by Crippen LogP contribution is 2.25. The molecule has 0 radical (unpaired) electrons. The molecule has 4 heteroatoms. The molecular weight excluding hydrogens is 180 g/mol. The first-order valence-corrected chi connectivity index (χ1v) is 5.01. The fourth-order valence-corrected chi connectivity index (χ4v) is 1.56. The number of nitrogens with zero attached hydrogens (tertiary/aromatic N) is 1. The monoisotopic (exact) mass is 196 g/mol. The third-order valence-corrected chi connectivity index (χ3v) is 2.70. The van der Waals surface area contributed by atoms with Crippen LogP contribution in [0.5, 0.6) is 0 Å². The Morgan fingerprint density at radius 3 is 3.14 bits per heavy atom. The van der Waals surface area contributed by atoms with Crippen LogP contribution in [0.3, 0.4) is 0 Å². The fraction of sp³-hybridized carbons (Fsp3) is 0.700. The molecule has 1 N–H and O–H groups in total. The van der Waals surface area contributed by atoms with E-state index in [4.69, 9.17) is 9.15 Å². The molecule has 1 fully saturated rings. The number of oxazole rings is 1. The molecule has 2 atom stereocenters. The standard InChI is InChI=1S/C10H16N2O2/c1-7(11-2)9-6-14-10(12-9)8-3-4-13-5-8/h6-8,11H,3-5H2,1-2H3. The molecule has 1 aromatic rings. The fourth-order valence-electron chi connectivity index (χ4n) is 1.56. The topological polar surface area (TPSA) is 47.3 Å². The van der Waals surface area contributed by atoms with Crippen LogP contribution in [0.4, 0.5) is 0 Å². The molecular formula is C10H16N2O2. The van der Waals surface area contributed by atoms with Crippen molar-refractivity contribution in [2.75, 3.05) is 20.3 Å². The second kappa shape index (κ2) is 4.11. The van der Waals surface area contributed by atoms with Gasteiger partial charge in [-0.2, -0.15) is 0 Å². The van der Waals surface area contributed by atoms with Crippen LogP contribution in [-0.2, 0) is 4.74 Å². The summed E-state index contributed by atoms with van der Waals surface area (Å²) >= 11 is 0. The van der Waals surface area contributed by atoms with E-state index in [1.807, 2.05) is 7.05 Å². The molecule has 2 rings (SSSR count). The van der Waals surface area contributed by atoms with E-state index in [2.05, 4.69) is 17.2 Å². The van der Waals surface area contributed by atoms with Crippen molar-refractivity contribution in [1.82, 2.24) is 10.3 Å². The lowest BCUT2D eigenvalue weighted by molar-refractivity contribution is 0.190. The molecule has 14 heavy (non-hydrogen) atoms. The number of ether oxygens (including phenoxy) is 1. The first kappa shape index (κ1) is 9.68. The molecule has 0 spiro atoms. The highest BCUT2D eigenvalue weighted by atomic mass is 16.5. The van der Waals surface area contributed by atoms with Gasteiger partial charge in [-0.3, -0.25) is 0 Å². The van der Waals surface area contributed by atoms with Gasteiger partial charge in [0.25, 0.3) is 0 Å². The smallest absolute Gasteiger partial charge is 0.199 e. The Hall–Kier alpha value is -0.870. The average Bonchev–Trinajstić information content (AvgIpc) is 2.86. The summed E-state index contributed by atoms with van der Waals surface area (Å²) in [4.78, 5) is 4.45. The van der Waals surface area contributed by atoms with Crippen LogP contribution < -0.4 is 5.32 Å². The van der Waals surface area contributed by atoms with Crippen molar-refractivity contribution in [1.29, 1.82) is 0 Å². The summed E-state index contributed by atoms with van der Waals surface area (Å²) in [5.74, 6) is 1.17. The quantitative estimate of drug-likeness (QED) is 0.795. The Balaban J connectivity index is 2.08. The van der Waals surface area contributed by atoms with Crippen molar-refractivity contribution in [2.45, 2.75) is 25.3 Å². The Morgan fingerprint density at radius 2 is 2.50 bits per heavy atom. The minimum absolute atomic E-state index is 0.245. The Kier molecular flexibility index (Phi) is 2.84. The van der Waals surface area contributed by atoms with Gasteiger partial charge < -0.3 is 14.5 Å². The number of hydrogen-bond acceptors (Lipinski definition) is 4. The van der Waals surface area contributed by atoms with Gasteiger partial charge in [0.05, 0.1) is 18.2 Å². The summed E-state index contributed by atoms with van der Waals surface area (Å²) in [6.07, 6.45) is 2.75. The van der Waals surface area contributed by atoms with Crippen molar-refractivity contribution in [2.24, 2.45) is 0 Å². The molecule has 4 nitrogen and oxygen atoms in total. The van der Waals surface area contributed by atoms with Crippen LogP contribution in [0.25, 0.3) is 0 Å². The lowest BCUT2D eigenvalue weighted by Crippen LogP contribution is -2.12. The lowest BCUT2D eigenvalue weighted by atomic mass is 10.1. The molecule has 0 aliphatic carbocycles. The summed E-state index contributed by atoms with van der Waals surface area (Å²) in [5, 5.41) is 3.13. The number of nitrogens with one attached hydrogen (secondary N) is 1. The minimum Gasteiger partial charge on any atom is -0.448 e. The largest absolute Gasteiger partial charge is 0.448 e. The summed E-state index contributed by atoms with van der Waals surface area (Å²) in [7, 11) is 1.91. The maximum atomic E-state index is 5.44. The summed E-state index contributed by atoms with van der Waals surface area (Å²) in [5.41, 5.74) is 0.967. The number of rotatable bonds is 3. The minimum atomic E-state index is 0.245. The highest BCUT2D eigenvalue weighted by molar-refractivity contribution is 5.05. The van der Waals surface area contributed by atoms with Gasteiger partial charge in [0.1, 0.15) is 6.26 Å². The molecule has 1 aliphatic rings. The Bertz CT molecular complexity index is 292. The molecule has 1 aromatic heterocycles. The van der Waals surface area contributed by atoms with E-state index in [0.29, 0.717) is 5.92 Å². The van der Waals surface area contributed by atoms with E-state index in [1.165, 1.54) is 0 Å². The first-order valence-electron chi connectivity index (χ1n) is 5.01. The van der Waals surface area contributed by atoms with Gasteiger partial charge in [-0.1, -0.05) is 0 Å². The zero-order valence-electron chi connectivity index (χ0n) is 8.62. The van der Waals surface area contributed by atoms with E-state index in [-0.39, 0.29) is 6.04 Å². The predicted octanol–water partition coefficient (Wildman–Crippen LogP) is 1.46. The molecule has 2 heterocycles. The Morgan fingerprint density at radius 1 is 1.64 bits per heavy atom. The third kappa shape index (κ3) is 1.81. The number of aromatic nitrogens is 1. The zero-order valence-corrected chi connectivity index (χ0v) is 8.62. The lowest BCUT2D eigenvalue weighted by Gasteiger charge is -2.04. The van der Waals surface area contributed by atoms with Crippen LogP contribution in [0, 0.1) is 0 Å². The molecule has 78 valence electrons. The van der Waals surface area contributed by atoms with E-state index in [9.17, 15) is 0 Å². The van der Waals surface area contributed by atoms with Gasteiger partial charge in [0.15, 0.2) is 5.89 Å². The highest BCUT2D eigenvalue weighted by Gasteiger charge is 2.23. The second-order valence-corrected chi connectivity index (χ2v) is 3.68. The van der Waals surface area contributed by atoms with Crippen molar-refractivity contribution in [3.63, 3.8) is 0 Å². The van der Waals surface area contributed by atoms with Crippen LogP contribution in [-0.4, -0.2) is 25.2 Å². The van der Waals surface area contributed by atoms with Gasteiger partial charge in [0, 0.05) is 12.6 Å². The zero-order chi connectivity index (χ0) is 9.97. The molecule has 2 unspecified atom stereocenters. The number of hydrogen-bond donors (Lipinski definition) is 1. The van der Waals surface area contributed by atoms with Crippen LogP contribution in [0.15, 0.2) is 10.7 Å². The normalized spacial score (nSPS) is 24.0. The van der Waals surface area contributed by atoms with Crippen molar-refractivity contribution < 1.29 is 9.15 Å². The molecule has 0 aromatic carbocycles. The van der Waals surface area contributed by atoms with Crippen LogP contribution in [0.2, 0.25) is 0 Å². The summed E-state index contributed by atoms with van der Waals surface area (Å²) in [6, 6.07) is 0.245. The van der Waals surface area contributed by atoms with Crippen LogP contribution in [0.1, 0.15) is 36.9 Å². The molecule has 1 saturated heterocycles. The van der Waals surface area contributed by atoms with Gasteiger partial charge >= 0.3 is 0 Å². The van der Waals surface area contributed by atoms with E-state index in [0.717, 1.165) is 31.2 Å². The SMILES string of the molecule is CNC(C)c1coc(C2CCOC2)n1. The van der Waals surface area contributed by atoms with Gasteiger partial charge in [-0.15, -0.1) is 0 Å². The van der Waals surface area contributed by atoms with E-state index >= 15 is 0 Å². The van der Waals surface area contributed by atoms with Crippen LogP contribution >= 0.6 is 0 Å². The van der Waals surface area contributed by atoms with E-state index in [1.54, 1.807) is 6.26 Å². The van der Waals surface area contributed by atoms with Crippen molar-refractivity contribution in [3.05, 3.63) is 17.8 Å². The van der Waals surface area contributed by atoms with Gasteiger partial charge in [-0.25, -0.2) is 4.98 Å². The molecule has 0 saturated carbocycles. The molecule has 1 aliphatic heterocycles. The maximum Gasteiger partial charge on any atom is 0.199 e.